The molecule has 1 aromatic carbocycles. The first kappa shape index (κ1) is 23.2. The van der Waals surface area contributed by atoms with Crippen molar-refractivity contribution in [2.24, 2.45) is 0 Å². The topological polar surface area (TPSA) is 124 Å². The van der Waals surface area contributed by atoms with E-state index in [1.807, 2.05) is 36.8 Å². The van der Waals surface area contributed by atoms with Gasteiger partial charge in [0.1, 0.15) is 23.1 Å². The number of rotatable bonds is 8. The molecule has 1 saturated heterocycles. The highest BCUT2D eigenvalue weighted by atomic mass is 16.5. The van der Waals surface area contributed by atoms with Crippen LogP contribution < -0.4 is 20.7 Å². The van der Waals surface area contributed by atoms with Crippen molar-refractivity contribution in [3.05, 3.63) is 65.6 Å². The predicted octanol–water partition coefficient (Wildman–Crippen LogP) is 3.27. The number of hydrogen-bond acceptors (Lipinski definition) is 8. The molecule has 4 heterocycles. The van der Waals surface area contributed by atoms with Crippen molar-refractivity contribution in [3.63, 3.8) is 0 Å². The smallest absolute Gasteiger partial charge is 0.271 e. The first-order valence-electron chi connectivity index (χ1n) is 12.7. The standard InChI is InChI=1S/C27H30N8O2/c1-37-23-11-21-19(6-7-29-24(21)28)10-20(23)14-30-26(36)22-16-35(25(33-22)18-4-5-18)15-17-12-31-27(32-13-17)34-8-2-3-9-34/h6-7,10-13,16,18H,2-5,8-9,14-15H2,1H3,(H2,28,29)(H,30,36). The number of carbonyl (C=O) groups is 1. The average Bonchev–Trinajstić information content (AvgIpc) is 3.43. The first-order valence-corrected chi connectivity index (χ1v) is 12.7. The monoisotopic (exact) mass is 498 g/mol. The molecule has 0 spiro atoms. The third-order valence-corrected chi connectivity index (χ3v) is 7.05. The Morgan fingerprint density at radius 2 is 1.95 bits per heavy atom. The molecule has 0 radical (unpaired) electrons. The molecule has 1 amide bonds. The Morgan fingerprint density at radius 3 is 2.68 bits per heavy atom. The molecule has 0 unspecified atom stereocenters. The molecular weight excluding hydrogens is 468 g/mol. The maximum atomic E-state index is 13.1. The summed E-state index contributed by atoms with van der Waals surface area (Å²) in [5.41, 5.74) is 8.26. The van der Waals surface area contributed by atoms with Crippen molar-refractivity contribution >= 4 is 28.4 Å². The summed E-state index contributed by atoms with van der Waals surface area (Å²) in [6.07, 6.45) is 11.8. The number of fused-ring (bicyclic) bond motifs is 1. The largest absolute Gasteiger partial charge is 0.496 e. The van der Waals surface area contributed by atoms with Gasteiger partial charge in [0.05, 0.1) is 13.7 Å². The SMILES string of the molecule is COc1cc2c(N)nccc2cc1CNC(=O)c1cn(Cc2cnc(N3CCCC3)nc2)c(C2CC2)n1. The summed E-state index contributed by atoms with van der Waals surface area (Å²) in [7, 11) is 1.60. The molecule has 3 aromatic heterocycles. The van der Waals surface area contributed by atoms with Crippen molar-refractivity contribution in [2.45, 2.75) is 44.7 Å². The fraction of sp³-hybridized carbons (Fsp3) is 0.370. The van der Waals surface area contributed by atoms with Gasteiger partial charge in [0.2, 0.25) is 5.95 Å². The summed E-state index contributed by atoms with van der Waals surface area (Å²) in [5.74, 6) is 3.00. The molecule has 190 valence electrons. The van der Waals surface area contributed by atoms with Crippen LogP contribution in [0.15, 0.2) is 43.0 Å². The Balaban J connectivity index is 1.18. The molecule has 1 aliphatic carbocycles. The van der Waals surface area contributed by atoms with Crippen molar-refractivity contribution in [3.8, 4) is 5.75 Å². The Kier molecular flexibility index (Phi) is 6.07. The van der Waals surface area contributed by atoms with E-state index in [-0.39, 0.29) is 5.91 Å². The number of nitrogens with zero attached hydrogens (tertiary/aromatic N) is 6. The van der Waals surface area contributed by atoms with Gasteiger partial charge in [0.25, 0.3) is 5.91 Å². The minimum atomic E-state index is -0.224. The number of imidazole rings is 1. The molecular formula is C27H30N8O2. The lowest BCUT2D eigenvalue weighted by Gasteiger charge is -2.15. The summed E-state index contributed by atoms with van der Waals surface area (Å²) in [4.78, 5) is 33.3. The van der Waals surface area contributed by atoms with Crippen molar-refractivity contribution < 1.29 is 9.53 Å². The zero-order valence-electron chi connectivity index (χ0n) is 20.9. The molecule has 2 aliphatic rings. The molecule has 2 fully saturated rings. The maximum absolute atomic E-state index is 13.1. The average molecular weight is 499 g/mol. The Morgan fingerprint density at radius 1 is 1.16 bits per heavy atom. The number of carbonyl (C=O) groups excluding carboxylic acids is 1. The van der Waals surface area contributed by atoms with Gasteiger partial charge in [-0.3, -0.25) is 4.79 Å². The van der Waals surface area contributed by atoms with E-state index in [0.717, 1.165) is 59.6 Å². The summed E-state index contributed by atoms with van der Waals surface area (Å²) >= 11 is 0. The third-order valence-electron chi connectivity index (χ3n) is 7.05. The number of hydrogen-bond donors (Lipinski definition) is 2. The Hall–Kier alpha value is -4.21. The second kappa shape index (κ2) is 9.68. The predicted molar refractivity (Wildman–Crippen MR) is 141 cm³/mol. The number of ether oxygens (including phenoxy) is 1. The van der Waals surface area contributed by atoms with Gasteiger partial charge < -0.3 is 25.3 Å². The molecule has 1 saturated carbocycles. The van der Waals surface area contributed by atoms with Crippen LogP contribution in [0.1, 0.15) is 59.0 Å². The molecule has 37 heavy (non-hydrogen) atoms. The lowest BCUT2D eigenvalue weighted by Crippen LogP contribution is -2.23. The summed E-state index contributed by atoms with van der Waals surface area (Å²) < 4.78 is 7.61. The number of nitrogens with two attached hydrogens (primary N) is 1. The number of anilines is 2. The van der Waals surface area contributed by atoms with Crippen LogP contribution in [0.2, 0.25) is 0 Å². The van der Waals surface area contributed by atoms with Crippen LogP contribution in [0.4, 0.5) is 11.8 Å². The number of aromatic nitrogens is 5. The second-order valence-electron chi connectivity index (χ2n) is 9.74. The quantitative estimate of drug-likeness (QED) is 0.379. The number of pyridine rings is 1. The number of amides is 1. The Labute approximate surface area is 214 Å². The van der Waals surface area contributed by atoms with Crippen LogP contribution in [0.3, 0.4) is 0 Å². The Bertz CT molecular complexity index is 1440. The molecule has 1 aliphatic heterocycles. The molecule has 0 bridgehead atoms. The van der Waals surface area contributed by atoms with Crippen LogP contribution in [-0.4, -0.2) is 50.6 Å². The summed E-state index contributed by atoms with van der Waals surface area (Å²) in [6, 6.07) is 5.71. The van der Waals surface area contributed by atoms with Crippen molar-refractivity contribution in [1.29, 1.82) is 0 Å². The minimum absolute atomic E-state index is 0.224. The number of nitrogen functional groups attached to an aromatic ring is 1. The van der Waals surface area contributed by atoms with Gasteiger partial charge in [0, 0.05) is 66.9 Å². The maximum Gasteiger partial charge on any atom is 0.271 e. The van der Waals surface area contributed by atoms with E-state index in [9.17, 15) is 4.79 Å². The number of benzene rings is 1. The van der Waals surface area contributed by atoms with E-state index in [4.69, 9.17) is 15.5 Å². The van der Waals surface area contributed by atoms with Crippen LogP contribution in [0.5, 0.6) is 5.75 Å². The zero-order chi connectivity index (χ0) is 25.4. The lowest BCUT2D eigenvalue weighted by atomic mass is 10.1. The highest BCUT2D eigenvalue weighted by Crippen LogP contribution is 2.39. The van der Waals surface area contributed by atoms with E-state index in [1.54, 1.807) is 13.3 Å². The van der Waals surface area contributed by atoms with E-state index in [0.29, 0.717) is 36.3 Å². The van der Waals surface area contributed by atoms with Crippen molar-refractivity contribution in [2.75, 3.05) is 30.8 Å². The third kappa shape index (κ3) is 4.78. The van der Waals surface area contributed by atoms with Crippen LogP contribution in [-0.2, 0) is 13.1 Å². The fourth-order valence-corrected chi connectivity index (χ4v) is 4.91. The minimum Gasteiger partial charge on any atom is -0.496 e. The van der Waals surface area contributed by atoms with Gasteiger partial charge in [-0.05, 0) is 49.3 Å². The highest BCUT2D eigenvalue weighted by Gasteiger charge is 2.30. The van der Waals surface area contributed by atoms with Crippen LogP contribution in [0.25, 0.3) is 10.8 Å². The summed E-state index contributed by atoms with van der Waals surface area (Å²) in [6.45, 7) is 2.92. The van der Waals surface area contributed by atoms with Gasteiger partial charge in [-0.15, -0.1) is 0 Å². The van der Waals surface area contributed by atoms with E-state index >= 15 is 0 Å². The molecule has 3 N–H and O–H groups in total. The zero-order valence-corrected chi connectivity index (χ0v) is 20.9. The van der Waals surface area contributed by atoms with Gasteiger partial charge in [-0.2, -0.15) is 0 Å². The van der Waals surface area contributed by atoms with Crippen LogP contribution in [0, 0.1) is 0 Å². The van der Waals surface area contributed by atoms with E-state index < -0.39 is 0 Å². The first-order chi connectivity index (χ1) is 18.1. The molecule has 0 atom stereocenters. The van der Waals surface area contributed by atoms with Crippen molar-refractivity contribution in [1.82, 2.24) is 29.8 Å². The fourth-order valence-electron chi connectivity index (χ4n) is 4.91. The van der Waals surface area contributed by atoms with Gasteiger partial charge in [-0.25, -0.2) is 19.9 Å². The van der Waals surface area contributed by atoms with Gasteiger partial charge in [0.15, 0.2) is 0 Å². The van der Waals surface area contributed by atoms with Gasteiger partial charge in [-0.1, -0.05) is 0 Å². The summed E-state index contributed by atoms with van der Waals surface area (Å²) in [5, 5.41) is 4.76. The second-order valence-corrected chi connectivity index (χ2v) is 9.74. The lowest BCUT2D eigenvalue weighted by molar-refractivity contribution is 0.0946. The highest BCUT2D eigenvalue weighted by molar-refractivity contribution is 5.94. The van der Waals surface area contributed by atoms with E-state index in [1.165, 1.54) is 12.8 Å². The molecule has 10 heteroatoms. The number of methoxy groups -OCH3 is 1. The normalized spacial score (nSPS) is 15.3. The van der Waals surface area contributed by atoms with Gasteiger partial charge >= 0.3 is 0 Å². The molecule has 4 aromatic rings. The number of nitrogens with one attached hydrogen (secondary N) is 1. The molecule has 6 rings (SSSR count). The van der Waals surface area contributed by atoms with E-state index in [2.05, 4.69) is 29.7 Å². The molecule has 10 nitrogen and oxygen atoms in total. The van der Waals surface area contributed by atoms with Crippen LogP contribution >= 0.6 is 0 Å².